The Hall–Kier alpha value is -18.8. The Morgan fingerprint density at radius 1 is 0.116 bits per heavy atom. The lowest BCUT2D eigenvalue weighted by Crippen LogP contribution is -2.33. The number of hydrogen-bond acceptors (Lipinski definition) is 0. The highest BCUT2D eigenvalue weighted by Crippen LogP contribution is 2.66. The minimum absolute atomic E-state index is 0.390. The first-order chi connectivity index (χ1) is 72.5. The summed E-state index contributed by atoms with van der Waals surface area (Å²) in [5.41, 5.74) is 41.8. The second-order valence-corrected chi connectivity index (χ2v) is 40.8. The molecule has 3 spiro atoms. The van der Waals surface area contributed by atoms with Crippen LogP contribution in [0.3, 0.4) is 0 Å². The molecule has 0 N–H and O–H groups in total. The minimum Gasteiger partial charge on any atom is -0.309 e. The molecule has 3 heteroatoms. The Balaban J connectivity index is 0.0000000958. The molecular formula is C143H85N3. The van der Waals surface area contributed by atoms with Gasteiger partial charge in [-0.1, -0.05) is 437 Å². The third kappa shape index (κ3) is 10.3. The van der Waals surface area contributed by atoms with Gasteiger partial charge in [0.1, 0.15) is 0 Å². The molecule has 29 aromatic rings. The predicted molar refractivity (Wildman–Crippen MR) is 611 cm³/mol. The Morgan fingerprint density at radius 2 is 0.377 bits per heavy atom. The van der Waals surface area contributed by atoms with Crippen LogP contribution < -0.4 is 0 Å². The normalized spacial score (nSPS) is 14.4. The number of nitrogens with zero attached hydrogens (tertiary/aromatic N) is 3. The molecule has 0 saturated heterocycles. The zero-order valence-corrected chi connectivity index (χ0v) is 79.4. The second kappa shape index (κ2) is 29.7. The first kappa shape index (κ1) is 79.9. The van der Waals surface area contributed by atoms with Gasteiger partial charge in [0.25, 0.3) is 0 Å². The number of rotatable bonds is 3. The van der Waals surface area contributed by atoms with Crippen LogP contribution in [0.4, 0.5) is 0 Å². The van der Waals surface area contributed by atoms with Gasteiger partial charge in [-0.15, -0.1) is 0 Å². The van der Waals surface area contributed by atoms with Crippen LogP contribution in [0.15, 0.2) is 516 Å². The zero-order chi connectivity index (χ0) is 95.1. The van der Waals surface area contributed by atoms with E-state index in [-0.39, 0.29) is 0 Å². The van der Waals surface area contributed by atoms with E-state index < -0.39 is 16.2 Å². The quantitative estimate of drug-likeness (QED) is 0.157. The van der Waals surface area contributed by atoms with Gasteiger partial charge in [-0.05, 0) is 299 Å². The van der Waals surface area contributed by atoms with Crippen molar-refractivity contribution in [3.63, 3.8) is 0 Å². The number of fused-ring (bicyclic) bond motifs is 51. The Kier molecular flexibility index (Phi) is 16.2. The van der Waals surface area contributed by atoms with E-state index >= 15 is 0 Å². The molecule has 672 valence electrons. The fraction of sp³-hybridized carbons (Fsp3) is 0.0210. The van der Waals surface area contributed by atoms with Gasteiger partial charge < -0.3 is 13.7 Å². The molecule has 6 aliphatic rings. The van der Waals surface area contributed by atoms with Gasteiger partial charge >= 0.3 is 0 Å². The van der Waals surface area contributed by atoms with Crippen LogP contribution in [0, 0.1) is 0 Å². The average Bonchev–Trinajstić information content (AvgIpc) is 1.49. The van der Waals surface area contributed by atoms with Gasteiger partial charge in [0.05, 0.1) is 66.4 Å². The van der Waals surface area contributed by atoms with Crippen LogP contribution in [0.2, 0.25) is 0 Å². The largest absolute Gasteiger partial charge is 0.309 e. The van der Waals surface area contributed by atoms with Crippen LogP contribution in [0.1, 0.15) is 66.8 Å². The lowest BCUT2D eigenvalue weighted by atomic mass is 9.65. The Morgan fingerprint density at radius 3 is 0.842 bits per heavy atom. The van der Waals surface area contributed by atoms with Crippen molar-refractivity contribution in [2.75, 3.05) is 0 Å². The molecule has 6 heterocycles. The van der Waals surface area contributed by atoms with Crippen molar-refractivity contribution in [2.45, 2.75) is 16.2 Å². The van der Waals surface area contributed by atoms with E-state index in [9.17, 15) is 0 Å². The molecule has 0 bridgehead atoms. The highest BCUT2D eigenvalue weighted by molar-refractivity contribution is 6.28. The third-order valence-corrected chi connectivity index (χ3v) is 34.3. The summed E-state index contributed by atoms with van der Waals surface area (Å²) < 4.78 is 7.58. The van der Waals surface area contributed by atoms with Gasteiger partial charge in [0.15, 0.2) is 0 Å². The van der Waals surface area contributed by atoms with E-state index in [0.717, 1.165) is 0 Å². The van der Waals surface area contributed by atoms with Gasteiger partial charge in [-0.3, -0.25) is 0 Å². The van der Waals surface area contributed by atoms with Crippen LogP contribution in [-0.2, 0) is 16.2 Å². The van der Waals surface area contributed by atoms with Crippen molar-refractivity contribution in [3.8, 4) is 83.8 Å². The van der Waals surface area contributed by atoms with E-state index in [0.29, 0.717) is 0 Å². The molecule has 0 radical (unpaired) electrons. The summed E-state index contributed by atoms with van der Waals surface area (Å²) in [5, 5.41) is 28.6. The number of hydrogen-bond donors (Lipinski definition) is 0. The smallest absolute Gasteiger partial charge is 0.0754 e. The van der Waals surface area contributed by atoms with Crippen molar-refractivity contribution in [1.29, 1.82) is 0 Å². The van der Waals surface area contributed by atoms with E-state index in [1.165, 1.54) is 302 Å². The Labute approximate surface area is 841 Å². The van der Waals surface area contributed by atoms with Gasteiger partial charge in [0.2, 0.25) is 0 Å². The summed E-state index contributed by atoms with van der Waals surface area (Å²) in [7, 11) is 0. The van der Waals surface area contributed by atoms with Crippen LogP contribution in [-0.4, -0.2) is 13.7 Å². The molecular weight excluding hydrogens is 1760 g/mol. The highest BCUT2D eigenvalue weighted by Gasteiger charge is 2.55. The Bertz CT molecular complexity index is 10700. The van der Waals surface area contributed by atoms with Crippen molar-refractivity contribution in [2.24, 2.45) is 0 Å². The molecule has 35 rings (SSSR count). The van der Waals surface area contributed by atoms with E-state index in [4.69, 9.17) is 0 Å². The summed E-state index contributed by atoms with van der Waals surface area (Å²) in [6.45, 7) is 0. The molecule has 3 nitrogen and oxygen atoms in total. The summed E-state index contributed by atoms with van der Waals surface area (Å²) in [6, 6.07) is 193. The summed E-state index contributed by atoms with van der Waals surface area (Å²) >= 11 is 0. The lowest BCUT2D eigenvalue weighted by molar-refractivity contribution is 0.748. The van der Waals surface area contributed by atoms with Crippen molar-refractivity contribution >= 4 is 152 Å². The van der Waals surface area contributed by atoms with Gasteiger partial charge in [-0.25, -0.2) is 0 Å². The zero-order valence-electron chi connectivity index (χ0n) is 79.4. The van der Waals surface area contributed by atoms with Gasteiger partial charge in [-0.2, -0.15) is 0 Å². The number of para-hydroxylation sites is 7. The molecule has 3 aliphatic heterocycles. The molecule has 3 aliphatic carbocycles. The molecule has 1 unspecified atom stereocenters. The van der Waals surface area contributed by atoms with Crippen molar-refractivity contribution < 1.29 is 0 Å². The first-order valence-electron chi connectivity index (χ1n) is 51.2. The molecule has 3 aromatic heterocycles. The predicted octanol–water partition coefficient (Wildman–Crippen LogP) is 36.6. The van der Waals surface area contributed by atoms with Crippen LogP contribution in [0.5, 0.6) is 0 Å². The maximum absolute atomic E-state index is 2.54. The molecule has 26 aromatic carbocycles. The molecule has 0 saturated carbocycles. The SMILES string of the molecule is c1ccc2c(c1)-c1ccc(-c3ccc4c(ccc5ccccc54)c3)cc1C21c2ccccc2-n2c3ccccc3c3cccc1c32.c1ccc2c(c1)-c1ccccc1C21c2ccccc2-n2c3ccc(-c4ccc5c6ccccc6c6ccccc6c5c4)cc3c3cccc1c32.c1ccc2c(c1)-c1ccccc1C21c2ccccc2-n2c3ccccc3c3cc(-c4ccc5c6ccccc6c6ccccc6c5c4)cc1c32. The lowest BCUT2D eigenvalue weighted by Gasteiger charge is -2.39. The molecule has 146 heavy (non-hydrogen) atoms. The van der Waals surface area contributed by atoms with Gasteiger partial charge in [0, 0.05) is 32.3 Å². The molecule has 0 amide bonds. The van der Waals surface area contributed by atoms with Crippen molar-refractivity contribution in [1.82, 2.24) is 13.7 Å². The maximum Gasteiger partial charge on any atom is 0.0754 e. The third-order valence-electron chi connectivity index (χ3n) is 34.3. The fourth-order valence-electron chi connectivity index (χ4n) is 28.6. The average molecular weight is 1850 g/mol. The fourth-order valence-corrected chi connectivity index (χ4v) is 28.6. The maximum atomic E-state index is 2.54. The number of aromatic nitrogens is 3. The first-order valence-corrected chi connectivity index (χ1v) is 51.2. The standard InChI is InChI=1S/2C49H29N.C45H27N/c1-2-15-34-32(13-1)33-14-3-4-16-35(33)40-27-30(25-26-36(34)40)31-28-41-39-19-7-11-23-46(39)50-47-24-12-10-22-44(47)49(45(29-31)48(41)50)42-20-8-5-17-37(42)38-18-6-9-21-43(38)49;1-2-14-34-32(12-1)33-13-3-4-15-35(33)40-28-30(24-26-36(34)40)31-25-27-46-41(29-31)39-18-11-22-45-48(39)50(46)47-23-10-9-21-44(47)49(45)42-19-7-5-16-37(42)38-17-6-8-20-43(38)49;1-2-11-32-28(10-1)20-21-31-26-29(22-24-33(31)32)30-23-25-35-34-12-3-5-15-38(34)45(41(35)27-30)39-16-6-8-19-43(39)46-42-18-7-4-13-36(42)37-14-9-17-40(45)44(37)46/h2*1-29H;1-27H. The van der Waals surface area contributed by atoms with Crippen LogP contribution in [0.25, 0.3) is 235 Å². The molecule has 1 atom stereocenters. The summed E-state index contributed by atoms with van der Waals surface area (Å²) in [4.78, 5) is 0. The van der Waals surface area contributed by atoms with E-state index in [2.05, 4.69) is 529 Å². The van der Waals surface area contributed by atoms with E-state index in [1.54, 1.807) is 0 Å². The monoisotopic (exact) mass is 1840 g/mol. The van der Waals surface area contributed by atoms with Crippen LogP contribution >= 0.6 is 0 Å². The molecule has 0 fully saturated rings. The van der Waals surface area contributed by atoms with Crippen molar-refractivity contribution in [3.05, 3.63) is 582 Å². The summed E-state index contributed by atoms with van der Waals surface area (Å²) in [5.74, 6) is 0. The number of benzene rings is 26. The summed E-state index contributed by atoms with van der Waals surface area (Å²) in [6.07, 6.45) is 0. The second-order valence-electron chi connectivity index (χ2n) is 40.8. The highest BCUT2D eigenvalue weighted by atomic mass is 15.0. The minimum atomic E-state index is -0.456. The van der Waals surface area contributed by atoms with E-state index in [1.807, 2.05) is 0 Å². The topological polar surface area (TPSA) is 14.8 Å².